The van der Waals surface area contributed by atoms with E-state index in [1.165, 1.54) is 25.0 Å². The van der Waals surface area contributed by atoms with E-state index in [-0.39, 0.29) is 17.6 Å². The molecule has 1 saturated carbocycles. The lowest BCUT2D eigenvalue weighted by atomic mass is 9.92. The zero-order valence-electron chi connectivity index (χ0n) is 19.0. The Hall–Kier alpha value is -3.33. The molecule has 0 amide bonds. The Bertz CT molecular complexity index is 1400. The van der Waals surface area contributed by atoms with Gasteiger partial charge in [0.25, 0.3) is 0 Å². The summed E-state index contributed by atoms with van der Waals surface area (Å²) < 4.78 is 36.5. The first kappa shape index (κ1) is 21.2. The smallest absolute Gasteiger partial charge is 0.182 e. The van der Waals surface area contributed by atoms with E-state index in [4.69, 9.17) is 14.7 Å². The zero-order valence-corrected chi connectivity index (χ0v) is 19.0. The molecule has 1 aromatic carbocycles. The van der Waals surface area contributed by atoms with Gasteiger partial charge in [-0.15, -0.1) is 0 Å². The van der Waals surface area contributed by atoms with Gasteiger partial charge >= 0.3 is 0 Å². The normalized spacial score (nSPS) is 20.7. The van der Waals surface area contributed by atoms with Gasteiger partial charge in [0.15, 0.2) is 5.65 Å². The molecular formula is C25H24F2N6O. The standard InChI is InChI=1S/C25H24F2N6O/c1-13-14(2)30-25-23(29-13)22(19-6-3-17(26)10-20(19)27)31-24(32-25)15-7-8-34-21(9-15)16-11-28-33(12-16)18-4-5-18/h3,6,10-12,15,18,21H,4-5,7-9H2,1-2H3/t15-,21+/m1/s1. The summed E-state index contributed by atoms with van der Waals surface area (Å²) in [4.78, 5) is 18.7. The van der Waals surface area contributed by atoms with Gasteiger partial charge in [0, 0.05) is 35.9 Å². The van der Waals surface area contributed by atoms with Gasteiger partial charge in [-0.2, -0.15) is 5.10 Å². The highest BCUT2D eigenvalue weighted by molar-refractivity contribution is 5.87. The van der Waals surface area contributed by atoms with E-state index in [0.29, 0.717) is 47.4 Å². The molecule has 2 atom stereocenters. The van der Waals surface area contributed by atoms with Crippen LogP contribution < -0.4 is 0 Å². The lowest BCUT2D eigenvalue weighted by molar-refractivity contribution is 0.00396. The van der Waals surface area contributed by atoms with E-state index >= 15 is 0 Å². The van der Waals surface area contributed by atoms with Crippen LogP contribution in [0.4, 0.5) is 8.78 Å². The summed E-state index contributed by atoms with van der Waals surface area (Å²) in [5, 5.41) is 4.50. The quantitative estimate of drug-likeness (QED) is 0.417. The second-order valence-electron chi connectivity index (χ2n) is 9.19. The molecule has 2 fully saturated rings. The first-order valence-electron chi connectivity index (χ1n) is 11.6. The topological polar surface area (TPSA) is 78.6 Å². The van der Waals surface area contributed by atoms with Gasteiger partial charge < -0.3 is 4.74 Å². The SMILES string of the molecule is Cc1nc2nc([C@@H]3CCO[C@H](c4cnn(C5CC5)c4)C3)nc(-c3ccc(F)cc3F)c2nc1C. The molecule has 6 rings (SSSR count). The molecule has 4 heterocycles. The summed E-state index contributed by atoms with van der Waals surface area (Å²) in [6, 6.07) is 3.99. The number of fused-ring (bicyclic) bond motifs is 1. The Morgan fingerprint density at radius 1 is 1.00 bits per heavy atom. The van der Waals surface area contributed by atoms with Gasteiger partial charge in [-0.05, 0) is 51.7 Å². The Kier molecular flexibility index (Phi) is 5.09. The van der Waals surface area contributed by atoms with Crippen molar-refractivity contribution in [1.29, 1.82) is 0 Å². The van der Waals surface area contributed by atoms with Crippen LogP contribution in [-0.4, -0.2) is 36.3 Å². The number of hydrogen-bond acceptors (Lipinski definition) is 6. The summed E-state index contributed by atoms with van der Waals surface area (Å²) in [5.74, 6) is -0.759. The molecule has 174 valence electrons. The van der Waals surface area contributed by atoms with Gasteiger partial charge in [-0.25, -0.2) is 28.7 Å². The number of hydrogen-bond donors (Lipinski definition) is 0. The molecule has 0 spiro atoms. The van der Waals surface area contributed by atoms with Crippen LogP contribution >= 0.6 is 0 Å². The van der Waals surface area contributed by atoms with Crippen LogP contribution in [0.2, 0.25) is 0 Å². The molecule has 3 aromatic heterocycles. The molecule has 0 radical (unpaired) electrons. The predicted octanol–water partition coefficient (Wildman–Crippen LogP) is 5.15. The molecule has 34 heavy (non-hydrogen) atoms. The summed E-state index contributed by atoms with van der Waals surface area (Å²) in [7, 11) is 0. The average Bonchev–Trinajstić information content (AvgIpc) is 3.56. The van der Waals surface area contributed by atoms with E-state index < -0.39 is 11.6 Å². The van der Waals surface area contributed by atoms with Crippen molar-refractivity contribution in [2.75, 3.05) is 6.61 Å². The minimum absolute atomic E-state index is 0.00177. The van der Waals surface area contributed by atoms with Crippen molar-refractivity contribution in [3.63, 3.8) is 0 Å². The molecule has 7 nitrogen and oxygen atoms in total. The van der Waals surface area contributed by atoms with Crippen LogP contribution in [0.5, 0.6) is 0 Å². The number of rotatable bonds is 4. The minimum atomic E-state index is -0.691. The lowest BCUT2D eigenvalue weighted by Gasteiger charge is -2.28. The van der Waals surface area contributed by atoms with Crippen molar-refractivity contribution in [2.24, 2.45) is 0 Å². The third kappa shape index (κ3) is 3.83. The number of aryl methyl sites for hydroxylation is 2. The van der Waals surface area contributed by atoms with E-state index in [0.717, 1.165) is 23.7 Å². The Labute approximate surface area is 195 Å². The largest absolute Gasteiger partial charge is 0.373 e. The molecule has 0 N–H and O–H groups in total. The van der Waals surface area contributed by atoms with Gasteiger partial charge in [0.1, 0.15) is 28.7 Å². The van der Waals surface area contributed by atoms with Crippen molar-refractivity contribution in [2.45, 2.75) is 57.6 Å². The lowest BCUT2D eigenvalue weighted by Crippen LogP contribution is -2.20. The number of benzene rings is 1. The Morgan fingerprint density at radius 3 is 2.62 bits per heavy atom. The number of halogens is 2. The highest BCUT2D eigenvalue weighted by Crippen LogP contribution is 2.40. The molecule has 2 aliphatic rings. The molecular weight excluding hydrogens is 438 g/mol. The summed E-state index contributed by atoms with van der Waals surface area (Å²) in [6.45, 7) is 4.26. The molecule has 1 saturated heterocycles. The monoisotopic (exact) mass is 462 g/mol. The highest BCUT2D eigenvalue weighted by atomic mass is 19.1. The molecule has 9 heteroatoms. The Balaban J connectivity index is 1.41. The van der Waals surface area contributed by atoms with Crippen LogP contribution in [-0.2, 0) is 4.74 Å². The maximum Gasteiger partial charge on any atom is 0.182 e. The maximum absolute atomic E-state index is 14.8. The fourth-order valence-corrected chi connectivity index (χ4v) is 4.50. The second kappa shape index (κ2) is 8.16. The molecule has 0 bridgehead atoms. The van der Waals surface area contributed by atoms with Crippen LogP contribution in [0.1, 0.15) is 66.5 Å². The minimum Gasteiger partial charge on any atom is -0.373 e. The van der Waals surface area contributed by atoms with E-state index in [1.807, 2.05) is 24.7 Å². The molecule has 4 aromatic rings. The zero-order chi connectivity index (χ0) is 23.4. The van der Waals surface area contributed by atoms with Crippen LogP contribution in [0, 0.1) is 25.5 Å². The van der Waals surface area contributed by atoms with E-state index in [9.17, 15) is 8.78 Å². The number of nitrogens with zero attached hydrogens (tertiary/aromatic N) is 6. The van der Waals surface area contributed by atoms with E-state index in [2.05, 4.69) is 21.3 Å². The predicted molar refractivity (Wildman–Crippen MR) is 121 cm³/mol. The fraction of sp³-hybridized carbons (Fsp3) is 0.400. The highest BCUT2D eigenvalue weighted by Gasteiger charge is 2.31. The third-order valence-corrected chi connectivity index (χ3v) is 6.71. The second-order valence-corrected chi connectivity index (χ2v) is 9.19. The summed E-state index contributed by atoms with van der Waals surface area (Å²) >= 11 is 0. The van der Waals surface area contributed by atoms with Crippen molar-refractivity contribution in [1.82, 2.24) is 29.7 Å². The molecule has 1 aliphatic heterocycles. The first-order valence-corrected chi connectivity index (χ1v) is 11.6. The maximum atomic E-state index is 14.8. The number of aromatic nitrogens is 6. The third-order valence-electron chi connectivity index (χ3n) is 6.71. The van der Waals surface area contributed by atoms with Crippen LogP contribution in [0.25, 0.3) is 22.4 Å². The molecule has 1 aliphatic carbocycles. The fourth-order valence-electron chi connectivity index (χ4n) is 4.50. The van der Waals surface area contributed by atoms with Gasteiger partial charge in [-0.1, -0.05) is 0 Å². The number of ether oxygens (including phenoxy) is 1. The van der Waals surface area contributed by atoms with Gasteiger partial charge in [0.05, 0.1) is 29.7 Å². The molecule has 0 unspecified atom stereocenters. The van der Waals surface area contributed by atoms with Crippen molar-refractivity contribution in [3.8, 4) is 11.3 Å². The van der Waals surface area contributed by atoms with Crippen molar-refractivity contribution < 1.29 is 13.5 Å². The van der Waals surface area contributed by atoms with Crippen molar-refractivity contribution >= 4 is 11.2 Å². The first-order chi connectivity index (χ1) is 16.5. The van der Waals surface area contributed by atoms with E-state index in [1.54, 1.807) is 0 Å². The average molecular weight is 463 g/mol. The summed E-state index contributed by atoms with van der Waals surface area (Å²) in [5.41, 5.74) is 3.85. The Morgan fingerprint density at radius 2 is 1.82 bits per heavy atom. The van der Waals surface area contributed by atoms with Gasteiger partial charge in [0.2, 0.25) is 0 Å². The van der Waals surface area contributed by atoms with Crippen LogP contribution in [0.3, 0.4) is 0 Å². The van der Waals surface area contributed by atoms with Crippen molar-refractivity contribution in [3.05, 3.63) is 65.0 Å². The summed E-state index contributed by atoms with van der Waals surface area (Å²) in [6.07, 6.45) is 7.61. The van der Waals surface area contributed by atoms with Gasteiger partial charge in [-0.3, -0.25) is 4.68 Å². The van der Waals surface area contributed by atoms with Crippen LogP contribution in [0.15, 0.2) is 30.6 Å².